The molecule has 0 aromatic heterocycles. The van der Waals surface area contributed by atoms with Crippen LogP contribution in [-0.2, 0) is 76.3 Å². The number of carbonyl (C=O) groups is 11. The number of rotatable bonds is 27. The van der Waals surface area contributed by atoms with Crippen molar-refractivity contribution in [3.8, 4) is 0 Å². The molecule has 2 saturated carbocycles. The number of esters is 4. The minimum atomic E-state index is -2.31. The fraction of sp³-hybridized carbons (Fsp3) is 0.597. The van der Waals surface area contributed by atoms with Crippen LogP contribution in [0.25, 0.3) is 0 Å². The predicted molar refractivity (Wildman–Crippen MR) is 309 cm³/mol. The van der Waals surface area contributed by atoms with Crippen molar-refractivity contribution >= 4 is 65.6 Å². The molecule has 4 aliphatic rings. The second kappa shape index (κ2) is 29.1. The second-order valence-corrected chi connectivity index (χ2v) is 24.3. The van der Waals surface area contributed by atoms with Gasteiger partial charge >= 0.3 is 53.9 Å². The van der Waals surface area contributed by atoms with Gasteiger partial charge in [0.2, 0.25) is 12.0 Å². The SMILES string of the molecule is CO[C@H]1C(=O)[C@]2(C)[C@@H](OC)C[C@H]3OC[C@@]3(OC(C)=O)[C@H]2C[C@@]2(C)C1=C(C)[C@@H](OC(=O)[C@H](OC(=O)CCC(=O)NCCCC[C@H](NC(=O)N[C@@H](CCC(=O)O)C(=O)O)C(=O)O)[C@@H](NC(=O)OC(C)(C)C)c1ccccc1)C[C@@]2(O)[C@H](C)OC(=O)c1ccccc1. The number of carboxylic acid groups (broad SMARTS) is 3. The van der Waals surface area contributed by atoms with E-state index in [4.69, 9.17) is 43.0 Å². The molecule has 6 rings (SSSR count). The third-order valence-electron chi connectivity index (χ3n) is 17.4. The molecule has 1 heterocycles. The van der Waals surface area contributed by atoms with Gasteiger partial charge in [0.05, 0.1) is 30.1 Å². The van der Waals surface area contributed by atoms with Gasteiger partial charge in [-0.25, -0.2) is 28.8 Å². The standard InChI is InChI=1S/C62H82N4O23/c1-33-40(30-62(81,34(2)85-54(77)37-21-15-12-16-22-37)59(7)31-41-60(8,51(72)49(83-10)47(33)59)42(82-9)29-43-61(41,32-84-43)88-35(3)67)86-55(78)50(48(36-19-13-11-14-20-36)66-57(80)89-58(4,5)6)87-46(71)27-25-44(68)63-28-18-17-23-38(52(73)74)64-56(79)65-39(53(75)76)24-26-45(69)70/h11-16,19-22,34,38-43,48-50,81H,17-18,23-32H2,1-10H3,(H,63,68)(H,66,80)(H,69,70)(H,73,74)(H,75,76)(H2,64,65,79)/t34-,38-,39-,40-,41-,42-,43+,48-,49+,50+,59-,60-,61+,62+/m0/s1. The summed E-state index contributed by atoms with van der Waals surface area (Å²) in [7, 11) is 2.74. The smallest absolute Gasteiger partial charge is 0.408 e. The summed E-state index contributed by atoms with van der Waals surface area (Å²) in [6.07, 6.45) is -11.9. The first kappa shape index (κ1) is 70.1. The molecular formula is C62H82N4O23. The summed E-state index contributed by atoms with van der Waals surface area (Å²) in [6, 6.07) is 10.0. The number of carboxylic acids is 3. The molecule has 4 amide bonds. The second-order valence-electron chi connectivity index (χ2n) is 24.3. The Hall–Kier alpha value is -8.01. The van der Waals surface area contributed by atoms with Crippen LogP contribution in [0.1, 0.15) is 142 Å². The van der Waals surface area contributed by atoms with Crippen molar-refractivity contribution in [3.63, 3.8) is 0 Å². The van der Waals surface area contributed by atoms with Gasteiger partial charge in [0, 0.05) is 64.7 Å². The Balaban J connectivity index is 1.31. The number of benzene rings is 2. The van der Waals surface area contributed by atoms with Crippen molar-refractivity contribution in [2.75, 3.05) is 27.4 Å². The lowest BCUT2D eigenvalue weighted by atomic mass is 9.50. The monoisotopic (exact) mass is 1250 g/mol. The largest absolute Gasteiger partial charge is 0.481 e. The van der Waals surface area contributed by atoms with E-state index in [0.29, 0.717) is 0 Å². The first-order valence-corrected chi connectivity index (χ1v) is 29.3. The Morgan fingerprint density at radius 3 is 1.96 bits per heavy atom. The van der Waals surface area contributed by atoms with E-state index in [1.165, 1.54) is 52.3 Å². The van der Waals surface area contributed by atoms with E-state index in [0.717, 1.165) is 0 Å². The number of amides is 4. The van der Waals surface area contributed by atoms with E-state index in [9.17, 15) is 58.5 Å². The molecule has 0 radical (unpaired) electrons. The number of aliphatic hydroxyl groups is 1. The number of nitrogens with one attached hydrogen (secondary N) is 4. The highest BCUT2D eigenvalue weighted by Crippen LogP contribution is 2.66. The molecule has 14 atom stereocenters. The number of alkyl carbamates (subject to hydrolysis) is 1. The van der Waals surface area contributed by atoms with Crippen LogP contribution >= 0.6 is 0 Å². The lowest BCUT2D eigenvalue weighted by Crippen LogP contribution is -2.75. The maximum atomic E-state index is 15.8. The molecule has 27 heteroatoms. The van der Waals surface area contributed by atoms with Gasteiger partial charge in [0.25, 0.3) is 0 Å². The van der Waals surface area contributed by atoms with Gasteiger partial charge in [-0.15, -0.1) is 0 Å². The van der Waals surface area contributed by atoms with Crippen molar-refractivity contribution in [2.45, 2.75) is 191 Å². The summed E-state index contributed by atoms with van der Waals surface area (Å²) in [6.45, 7) is 12.3. The highest BCUT2D eigenvalue weighted by atomic mass is 16.6. The lowest BCUT2D eigenvalue weighted by Gasteiger charge is -2.63. The number of methoxy groups -OCH3 is 2. The quantitative estimate of drug-likeness (QED) is 0.0261. The molecule has 2 aromatic carbocycles. The minimum Gasteiger partial charge on any atom is -0.481 e. The molecular weight excluding hydrogens is 1170 g/mol. The molecule has 8 N–H and O–H groups in total. The van der Waals surface area contributed by atoms with Crippen LogP contribution < -0.4 is 21.3 Å². The molecule has 488 valence electrons. The van der Waals surface area contributed by atoms with Gasteiger partial charge in [-0.1, -0.05) is 55.5 Å². The van der Waals surface area contributed by atoms with Crippen LogP contribution in [0.5, 0.6) is 0 Å². The predicted octanol–water partition coefficient (Wildman–Crippen LogP) is 4.65. The summed E-state index contributed by atoms with van der Waals surface area (Å²) in [4.78, 5) is 146. The molecule has 2 aromatic rings. The number of ketones is 1. The maximum absolute atomic E-state index is 15.8. The summed E-state index contributed by atoms with van der Waals surface area (Å²) in [5.74, 6) is -10.3. The molecule has 3 aliphatic carbocycles. The average Bonchev–Trinajstić information content (AvgIpc) is 1.81. The molecule has 89 heavy (non-hydrogen) atoms. The number of unbranched alkanes of at least 4 members (excludes halogenated alkanes) is 1. The summed E-state index contributed by atoms with van der Waals surface area (Å²) in [5, 5.41) is 51.3. The highest BCUT2D eigenvalue weighted by Gasteiger charge is 2.75. The van der Waals surface area contributed by atoms with Gasteiger partial charge in [-0.2, -0.15) is 0 Å². The first-order valence-electron chi connectivity index (χ1n) is 29.3. The van der Waals surface area contributed by atoms with Crippen LogP contribution in [0.3, 0.4) is 0 Å². The summed E-state index contributed by atoms with van der Waals surface area (Å²) >= 11 is 0. The lowest BCUT2D eigenvalue weighted by molar-refractivity contribution is -0.324. The number of urea groups is 1. The zero-order valence-electron chi connectivity index (χ0n) is 51.6. The zero-order valence-corrected chi connectivity index (χ0v) is 51.6. The molecule has 27 nitrogen and oxygen atoms in total. The van der Waals surface area contributed by atoms with E-state index >= 15 is 9.59 Å². The number of carbonyl (C=O) groups excluding carboxylic acids is 8. The number of aliphatic carboxylic acids is 3. The maximum Gasteiger partial charge on any atom is 0.408 e. The van der Waals surface area contributed by atoms with Crippen molar-refractivity contribution in [1.82, 2.24) is 21.3 Å². The topological polar surface area (TPSA) is 391 Å². The molecule has 0 bridgehead atoms. The van der Waals surface area contributed by atoms with Crippen molar-refractivity contribution in [2.24, 2.45) is 16.7 Å². The Morgan fingerprint density at radius 2 is 1.40 bits per heavy atom. The Labute approximate surface area is 514 Å². The summed E-state index contributed by atoms with van der Waals surface area (Å²) < 4.78 is 48.6. The van der Waals surface area contributed by atoms with Crippen LogP contribution in [0, 0.1) is 16.7 Å². The molecule has 3 fully saturated rings. The molecule has 1 aliphatic heterocycles. The number of hydrogen-bond donors (Lipinski definition) is 8. The highest BCUT2D eigenvalue weighted by molar-refractivity contribution is 5.94. The van der Waals surface area contributed by atoms with Crippen LogP contribution in [0.15, 0.2) is 71.8 Å². The molecule has 0 unspecified atom stereocenters. The van der Waals surface area contributed by atoms with Crippen molar-refractivity contribution in [1.29, 1.82) is 0 Å². The molecule has 1 saturated heterocycles. The van der Waals surface area contributed by atoms with Crippen LogP contribution in [-0.4, -0.2) is 179 Å². The third kappa shape index (κ3) is 15.9. The molecule has 0 spiro atoms. The fourth-order valence-electron chi connectivity index (χ4n) is 12.8. The third-order valence-corrected chi connectivity index (χ3v) is 17.4. The number of hydrogen-bond acceptors (Lipinski definition) is 20. The Kier molecular flexibility index (Phi) is 22.9. The Bertz CT molecular complexity index is 3010. The van der Waals surface area contributed by atoms with E-state index in [1.807, 2.05) is 5.32 Å². The zero-order chi connectivity index (χ0) is 66.0. The van der Waals surface area contributed by atoms with E-state index in [1.54, 1.807) is 77.9 Å². The van der Waals surface area contributed by atoms with E-state index in [2.05, 4.69) is 16.0 Å². The summed E-state index contributed by atoms with van der Waals surface area (Å²) in [5.41, 5.74) is -7.27. The van der Waals surface area contributed by atoms with Gasteiger partial charge in [0.1, 0.15) is 53.7 Å². The van der Waals surface area contributed by atoms with Crippen LogP contribution in [0.2, 0.25) is 0 Å². The van der Waals surface area contributed by atoms with Gasteiger partial charge in [-0.05, 0) is 102 Å². The number of ether oxygens (including phenoxy) is 8. The van der Waals surface area contributed by atoms with Crippen LogP contribution in [0.4, 0.5) is 9.59 Å². The minimum absolute atomic E-state index is 0.0381. The van der Waals surface area contributed by atoms with Gasteiger partial charge in [0.15, 0.2) is 11.4 Å². The van der Waals surface area contributed by atoms with Gasteiger partial charge < -0.3 is 79.6 Å². The average molecular weight is 1250 g/mol. The number of Topliss-reactive ketones (excluding diaryl/α,β-unsaturated/α-hetero) is 1. The van der Waals surface area contributed by atoms with Gasteiger partial charge in [-0.3, -0.25) is 24.0 Å². The van der Waals surface area contributed by atoms with Crippen molar-refractivity contribution in [3.05, 3.63) is 82.9 Å². The number of fused-ring (bicyclic) bond motifs is 4. The normalized spacial score (nSPS) is 27.0. The van der Waals surface area contributed by atoms with E-state index in [-0.39, 0.29) is 67.5 Å². The Morgan fingerprint density at radius 1 is 0.787 bits per heavy atom. The first-order chi connectivity index (χ1) is 41.8. The van der Waals surface area contributed by atoms with E-state index < -0.39 is 186 Å². The van der Waals surface area contributed by atoms with Crippen molar-refractivity contribution < 1.29 is 111 Å². The fourth-order valence-corrected chi connectivity index (χ4v) is 12.8.